The highest BCUT2D eigenvalue weighted by atomic mass is 14.6. The van der Waals surface area contributed by atoms with Crippen molar-refractivity contribution in [2.75, 3.05) is 0 Å². The molecule has 0 unspecified atom stereocenters. The molecule has 1 aliphatic rings. The van der Waals surface area contributed by atoms with Crippen molar-refractivity contribution in [3.63, 3.8) is 0 Å². The summed E-state index contributed by atoms with van der Waals surface area (Å²) in [5, 5.41) is 0. The van der Waals surface area contributed by atoms with Crippen LogP contribution in [0.25, 0.3) is 0 Å². The van der Waals surface area contributed by atoms with Crippen LogP contribution in [0.15, 0.2) is 35.6 Å². The predicted molar refractivity (Wildman–Crippen MR) is 53.6 cm³/mol. The van der Waals surface area contributed by atoms with E-state index in [1.54, 1.807) is 0 Å². The van der Waals surface area contributed by atoms with E-state index in [1.165, 1.54) is 5.57 Å². The summed E-state index contributed by atoms with van der Waals surface area (Å²) < 4.78 is 0. The summed E-state index contributed by atoms with van der Waals surface area (Å²) in [7, 11) is 0. The summed E-state index contributed by atoms with van der Waals surface area (Å²) in [5.41, 5.74) is 8.23. The molecular formula is C11H17N. The van der Waals surface area contributed by atoms with E-state index in [0.717, 1.165) is 12.1 Å². The molecular weight excluding hydrogens is 146 g/mol. The topological polar surface area (TPSA) is 26.0 Å². The minimum atomic E-state index is 0.255. The molecule has 0 radical (unpaired) electrons. The Bertz CT molecular complexity index is 246. The molecule has 0 aromatic carbocycles. The highest BCUT2D eigenvalue weighted by Gasteiger charge is 2.15. The Morgan fingerprint density at radius 2 is 2.00 bits per heavy atom. The Hall–Kier alpha value is -0.980. The van der Waals surface area contributed by atoms with Gasteiger partial charge < -0.3 is 5.73 Å². The highest BCUT2D eigenvalue weighted by Crippen LogP contribution is 2.29. The van der Waals surface area contributed by atoms with Gasteiger partial charge in [0.2, 0.25) is 0 Å². The molecule has 0 heterocycles. The largest absolute Gasteiger partial charge is 0.399 e. The molecule has 0 aliphatic heterocycles. The molecule has 0 saturated carbocycles. The third-order valence-electron chi connectivity index (χ3n) is 2.11. The second-order valence-electron chi connectivity index (χ2n) is 4.21. The maximum Gasteiger partial charge on any atom is 0.0276 e. The fourth-order valence-electron chi connectivity index (χ4n) is 1.20. The molecule has 1 nitrogen and oxygen atoms in total. The summed E-state index contributed by atoms with van der Waals surface area (Å²) in [6.45, 7) is 6.67. The van der Waals surface area contributed by atoms with Crippen LogP contribution in [0, 0.1) is 5.41 Å². The molecule has 0 aromatic rings. The molecule has 1 aliphatic carbocycles. The van der Waals surface area contributed by atoms with E-state index in [2.05, 4.69) is 32.9 Å². The van der Waals surface area contributed by atoms with Crippen LogP contribution in [0.3, 0.4) is 0 Å². The first-order chi connectivity index (χ1) is 5.50. The quantitative estimate of drug-likeness (QED) is 0.584. The normalized spacial score (nSPS) is 18.2. The predicted octanol–water partition coefficient (Wildman–Crippen LogP) is 2.76. The number of nitrogens with two attached hydrogens (primary N) is 1. The van der Waals surface area contributed by atoms with E-state index in [-0.39, 0.29) is 5.41 Å². The zero-order valence-electron chi connectivity index (χ0n) is 8.09. The van der Waals surface area contributed by atoms with Gasteiger partial charge in [0, 0.05) is 5.70 Å². The maximum atomic E-state index is 5.68. The van der Waals surface area contributed by atoms with Gasteiger partial charge in [-0.2, -0.15) is 0 Å². The second-order valence-corrected chi connectivity index (χ2v) is 4.21. The summed E-state index contributed by atoms with van der Waals surface area (Å²) in [6.07, 6.45) is 9.18. The van der Waals surface area contributed by atoms with E-state index in [4.69, 9.17) is 5.73 Å². The van der Waals surface area contributed by atoms with Crippen LogP contribution in [0.1, 0.15) is 27.2 Å². The van der Waals surface area contributed by atoms with Crippen LogP contribution >= 0.6 is 0 Å². The van der Waals surface area contributed by atoms with Crippen LogP contribution in [0.2, 0.25) is 0 Å². The highest BCUT2D eigenvalue weighted by molar-refractivity contribution is 5.30. The Morgan fingerprint density at radius 1 is 1.33 bits per heavy atom. The molecule has 0 atom stereocenters. The lowest BCUT2D eigenvalue weighted by Gasteiger charge is -2.21. The number of hydrogen-bond donors (Lipinski definition) is 1. The first-order valence-corrected chi connectivity index (χ1v) is 4.33. The molecule has 0 saturated heterocycles. The maximum absolute atomic E-state index is 5.68. The van der Waals surface area contributed by atoms with Crippen molar-refractivity contribution >= 4 is 0 Å². The zero-order valence-corrected chi connectivity index (χ0v) is 8.09. The van der Waals surface area contributed by atoms with Crippen LogP contribution in [0.4, 0.5) is 0 Å². The Kier molecular flexibility index (Phi) is 2.41. The third-order valence-corrected chi connectivity index (χ3v) is 2.11. The van der Waals surface area contributed by atoms with Crippen molar-refractivity contribution in [1.82, 2.24) is 0 Å². The molecule has 66 valence electrons. The van der Waals surface area contributed by atoms with Crippen molar-refractivity contribution in [2.45, 2.75) is 27.2 Å². The molecule has 1 heteroatoms. The van der Waals surface area contributed by atoms with Gasteiger partial charge in [-0.25, -0.2) is 0 Å². The van der Waals surface area contributed by atoms with Gasteiger partial charge in [-0.05, 0) is 17.9 Å². The minimum Gasteiger partial charge on any atom is -0.399 e. The Morgan fingerprint density at radius 3 is 2.58 bits per heavy atom. The van der Waals surface area contributed by atoms with Crippen LogP contribution in [0.5, 0.6) is 0 Å². The van der Waals surface area contributed by atoms with Crippen molar-refractivity contribution < 1.29 is 0 Å². The van der Waals surface area contributed by atoms with E-state index < -0.39 is 0 Å². The monoisotopic (exact) mass is 163 g/mol. The van der Waals surface area contributed by atoms with Crippen molar-refractivity contribution in [1.29, 1.82) is 0 Å². The third kappa shape index (κ3) is 2.26. The SMILES string of the molecule is CC(C)(C)C1=CC=CC(N)=CC1. The van der Waals surface area contributed by atoms with E-state index in [9.17, 15) is 0 Å². The number of rotatable bonds is 0. The van der Waals surface area contributed by atoms with E-state index in [0.29, 0.717) is 0 Å². The smallest absolute Gasteiger partial charge is 0.0276 e. The second kappa shape index (κ2) is 3.18. The zero-order chi connectivity index (χ0) is 9.19. The lowest BCUT2D eigenvalue weighted by atomic mass is 9.84. The Balaban J connectivity index is 2.84. The lowest BCUT2D eigenvalue weighted by molar-refractivity contribution is 0.494. The first-order valence-electron chi connectivity index (χ1n) is 4.33. The van der Waals surface area contributed by atoms with Gasteiger partial charge >= 0.3 is 0 Å². The molecule has 1 rings (SSSR count). The molecule has 2 N–H and O–H groups in total. The summed E-state index contributed by atoms with van der Waals surface area (Å²) >= 11 is 0. The summed E-state index contributed by atoms with van der Waals surface area (Å²) in [5.74, 6) is 0. The fraction of sp³-hybridized carbons (Fsp3) is 0.455. The van der Waals surface area contributed by atoms with Gasteiger partial charge in [-0.15, -0.1) is 0 Å². The molecule has 0 fully saturated rings. The van der Waals surface area contributed by atoms with Crippen molar-refractivity contribution in [3.05, 3.63) is 35.6 Å². The molecule has 0 aromatic heterocycles. The van der Waals surface area contributed by atoms with Gasteiger partial charge in [-0.1, -0.05) is 44.6 Å². The van der Waals surface area contributed by atoms with Crippen molar-refractivity contribution in [3.8, 4) is 0 Å². The fourth-order valence-corrected chi connectivity index (χ4v) is 1.20. The molecule has 0 spiro atoms. The summed E-state index contributed by atoms with van der Waals surface area (Å²) in [4.78, 5) is 0. The van der Waals surface area contributed by atoms with Crippen LogP contribution in [-0.2, 0) is 0 Å². The lowest BCUT2D eigenvalue weighted by Crippen LogP contribution is -2.08. The Labute approximate surface area is 74.7 Å². The van der Waals surface area contributed by atoms with Gasteiger partial charge in [0.1, 0.15) is 0 Å². The van der Waals surface area contributed by atoms with Gasteiger partial charge in [0.25, 0.3) is 0 Å². The van der Waals surface area contributed by atoms with Crippen molar-refractivity contribution in [2.24, 2.45) is 11.1 Å². The van der Waals surface area contributed by atoms with Gasteiger partial charge in [-0.3, -0.25) is 0 Å². The number of allylic oxidation sites excluding steroid dienone is 5. The van der Waals surface area contributed by atoms with E-state index >= 15 is 0 Å². The molecule has 12 heavy (non-hydrogen) atoms. The van der Waals surface area contributed by atoms with E-state index in [1.807, 2.05) is 12.2 Å². The number of hydrogen-bond acceptors (Lipinski definition) is 1. The minimum absolute atomic E-state index is 0.255. The average molecular weight is 163 g/mol. The first kappa shape index (κ1) is 9.11. The van der Waals surface area contributed by atoms with Gasteiger partial charge in [0.05, 0.1) is 0 Å². The molecule has 0 amide bonds. The average Bonchev–Trinajstić information content (AvgIpc) is 2.11. The van der Waals surface area contributed by atoms with Gasteiger partial charge in [0.15, 0.2) is 0 Å². The van der Waals surface area contributed by atoms with Crippen LogP contribution < -0.4 is 5.73 Å². The molecule has 0 bridgehead atoms. The standard InChI is InChI=1S/C11H17N/c1-11(2,3)9-5-4-6-10(12)8-7-9/h4-6,8H,7,12H2,1-3H3. The summed E-state index contributed by atoms with van der Waals surface area (Å²) in [6, 6.07) is 0. The van der Waals surface area contributed by atoms with Crippen LogP contribution in [-0.4, -0.2) is 0 Å².